The lowest BCUT2D eigenvalue weighted by Crippen LogP contribution is -2.47. The maximum atomic E-state index is 11.8. The number of halogens is 2. The maximum Gasteiger partial charge on any atom is 0.315 e. The van der Waals surface area contributed by atoms with E-state index in [0.717, 1.165) is 5.56 Å². The third-order valence-corrected chi connectivity index (χ3v) is 3.69. The molecule has 2 N–H and O–H groups in total. The Balaban J connectivity index is 1.83. The van der Waals surface area contributed by atoms with Gasteiger partial charge in [-0.25, -0.2) is 4.79 Å². The van der Waals surface area contributed by atoms with Crippen LogP contribution in [-0.4, -0.2) is 38.5 Å². The normalized spacial score (nSPS) is 21.8. The number of carbonyl (C=O) groups is 1. The average molecular weight is 319 g/mol. The summed E-state index contributed by atoms with van der Waals surface area (Å²) in [6.45, 7) is 1.27. The van der Waals surface area contributed by atoms with E-state index in [4.69, 9.17) is 32.7 Å². The second-order valence-corrected chi connectivity index (χ2v) is 5.32. The van der Waals surface area contributed by atoms with Gasteiger partial charge in [0.15, 0.2) is 0 Å². The first kappa shape index (κ1) is 15.4. The monoisotopic (exact) mass is 318 g/mol. The van der Waals surface area contributed by atoms with E-state index in [0.29, 0.717) is 29.8 Å². The van der Waals surface area contributed by atoms with Crippen LogP contribution in [0.1, 0.15) is 5.56 Å². The van der Waals surface area contributed by atoms with Crippen molar-refractivity contribution in [3.8, 4) is 0 Å². The fraction of sp³-hybridized carbons (Fsp3) is 0.462. The van der Waals surface area contributed by atoms with Gasteiger partial charge in [-0.2, -0.15) is 0 Å². The summed E-state index contributed by atoms with van der Waals surface area (Å²) in [7, 11) is 1.60. The van der Waals surface area contributed by atoms with E-state index >= 15 is 0 Å². The second-order valence-electron chi connectivity index (χ2n) is 4.48. The van der Waals surface area contributed by atoms with Crippen LogP contribution in [0.5, 0.6) is 0 Å². The first-order valence-corrected chi connectivity index (χ1v) is 6.94. The summed E-state index contributed by atoms with van der Waals surface area (Å²) >= 11 is 11.8. The maximum absolute atomic E-state index is 11.8. The second kappa shape index (κ2) is 7.13. The Morgan fingerprint density at radius 2 is 2.25 bits per heavy atom. The largest absolute Gasteiger partial charge is 0.377 e. The van der Waals surface area contributed by atoms with Crippen molar-refractivity contribution >= 4 is 29.2 Å². The number of nitrogens with one attached hydrogen (secondary N) is 2. The average Bonchev–Trinajstić information content (AvgIpc) is 2.85. The highest BCUT2D eigenvalue weighted by Gasteiger charge is 2.29. The molecule has 1 aromatic rings. The number of rotatable bonds is 4. The van der Waals surface area contributed by atoms with Gasteiger partial charge < -0.3 is 20.1 Å². The quantitative estimate of drug-likeness (QED) is 0.894. The van der Waals surface area contributed by atoms with Gasteiger partial charge in [-0.1, -0.05) is 29.3 Å². The number of methoxy groups -OCH3 is 1. The van der Waals surface area contributed by atoms with Crippen molar-refractivity contribution in [1.29, 1.82) is 0 Å². The molecular weight excluding hydrogens is 303 g/mol. The molecule has 0 bridgehead atoms. The summed E-state index contributed by atoms with van der Waals surface area (Å²) < 4.78 is 10.5. The molecule has 0 aliphatic carbocycles. The number of hydrogen-bond donors (Lipinski definition) is 2. The Bertz CT molecular complexity index is 485. The Kier molecular flexibility index (Phi) is 5.48. The lowest BCUT2D eigenvalue weighted by atomic mass is 10.2. The van der Waals surface area contributed by atoms with Gasteiger partial charge in [0.05, 0.1) is 19.3 Å². The summed E-state index contributed by atoms with van der Waals surface area (Å²) in [5, 5.41) is 6.64. The Labute approximate surface area is 127 Å². The molecule has 1 saturated heterocycles. The van der Waals surface area contributed by atoms with Crippen LogP contribution in [-0.2, 0) is 16.0 Å². The van der Waals surface area contributed by atoms with Crippen LogP contribution < -0.4 is 10.6 Å². The summed E-state index contributed by atoms with van der Waals surface area (Å²) in [6, 6.07) is 4.73. The van der Waals surface area contributed by atoms with Gasteiger partial charge in [-0.05, 0) is 17.7 Å². The molecule has 0 aromatic heterocycles. The van der Waals surface area contributed by atoms with Crippen molar-refractivity contribution in [2.24, 2.45) is 0 Å². The molecule has 0 unspecified atom stereocenters. The molecule has 2 rings (SSSR count). The molecule has 110 valence electrons. The predicted molar refractivity (Wildman–Crippen MR) is 77.2 cm³/mol. The van der Waals surface area contributed by atoms with Crippen LogP contribution in [0, 0.1) is 0 Å². The summed E-state index contributed by atoms with van der Waals surface area (Å²) in [5.74, 6) is 0. The zero-order chi connectivity index (χ0) is 14.5. The number of benzene rings is 1. The SMILES string of the molecule is CO[C@H]1COC[C@@H]1NC(=O)NCc1ccc(Cl)cc1Cl. The topological polar surface area (TPSA) is 59.6 Å². The molecule has 0 saturated carbocycles. The van der Waals surface area contributed by atoms with Crippen molar-refractivity contribution in [3.63, 3.8) is 0 Å². The predicted octanol–water partition coefficient (Wildman–Crippen LogP) is 2.21. The number of urea groups is 1. The molecule has 0 spiro atoms. The molecule has 1 heterocycles. The summed E-state index contributed by atoms with van der Waals surface area (Å²) in [4.78, 5) is 11.8. The third kappa shape index (κ3) is 3.99. The van der Waals surface area contributed by atoms with Crippen molar-refractivity contribution in [2.45, 2.75) is 18.7 Å². The number of amides is 2. The van der Waals surface area contributed by atoms with E-state index in [-0.39, 0.29) is 18.2 Å². The van der Waals surface area contributed by atoms with Crippen LogP contribution in [0.2, 0.25) is 10.0 Å². The minimum atomic E-state index is -0.284. The van der Waals surface area contributed by atoms with E-state index in [9.17, 15) is 4.79 Å². The number of hydrogen-bond acceptors (Lipinski definition) is 3. The van der Waals surface area contributed by atoms with Gasteiger partial charge in [0.1, 0.15) is 6.10 Å². The molecular formula is C13H16Cl2N2O3. The molecule has 5 nitrogen and oxygen atoms in total. The molecule has 1 aliphatic heterocycles. The van der Waals surface area contributed by atoms with Crippen molar-refractivity contribution in [1.82, 2.24) is 10.6 Å². The van der Waals surface area contributed by atoms with Gasteiger partial charge in [0.25, 0.3) is 0 Å². The molecule has 1 fully saturated rings. The van der Waals surface area contributed by atoms with Crippen LogP contribution in [0.15, 0.2) is 18.2 Å². The molecule has 2 amide bonds. The highest BCUT2D eigenvalue weighted by molar-refractivity contribution is 6.35. The molecule has 1 aromatic carbocycles. The Morgan fingerprint density at radius 3 is 2.95 bits per heavy atom. The molecule has 2 atom stereocenters. The summed E-state index contributed by atoms with van der Waals surface area (Å²) in [6.07, 6.45) is -0.111. The fourth-order valence-corrected chi connectivity index (χ4v) is 2.44. The van der Waals surface area contributed by atoms with Crippen LogP contribution in [0.4, 0.5) is 4.79 Å². The zero-order valence-electron chi connectivity index (χ0n) is 11.0. The first-order valence-electron chi connectivity index (χ1n) is 6.19. The molecule has 0 radical (unpaired) electrons. The lowest BCUT2D eigenvalue weighted by molar-refractivity contribution is 0.0745. The van der Waals surface area contributed by atoms with Crippen LogP contribution in [0.25, 0.3) is 0 Å². The number of ether oxygens (including phenoxy) is 2. The van der Waals surface area contributed by atoms with Gasteiger partial charge in [-0.3, -0.25) is 0 Å². The Hall–Kier alpha value is -1.01. The van der Waals surface area contributed by atoms with Crippen LogP contribution in [0.3, 0.4) is 0 Å². The van der Waals surface area contributed by atoms with E-state index in [1.54, 1.807) is 25.3 Å². The molecule has 7 heteroatoms. The van der Waals surface area contributed by atoms with E-state index in [1.165, 1.54) is 0 Å². The zero-order valence-corrected chi connectivity index (χ0v) is 12.5. The van der Waals surface area contributed by atoms with Gasteiger partial charge in [0, 0.05) is 23.7 Å². The highest BCUT2D eigenvalue weighted by atomic mass is 35.5. The van der Waals surface area contributed by atoms with E-state index in [1.807, 2.05) is 0 Å². The Morgan fingerprint density at radius 1 is 1.45 bits per heavy atom. The third-order valence-electron chi connectivity index (χ3n) is 3.10. The van der Waals surface area contributed by atoms with Gasteiger partial charge in [0.2, 0.25) is 0 Å². The molecule has 20 heavy (non-hydrogen) atoms. The minimum Gasteiger partial charge on any atom is -0.377 e. The standard InChI is InChI=1S/C13H16Cl2N2O3/c1-19-12-7-20-6-11(12)17-13(18)16-5-8-2-3-9(14)4-10(8)15/h2-4,11-12H,5-7H2,1H3,(H2,16,17,18)/t11-,12-/m0/s1. The highest BCUT2D eigenvalue weighted by Crippen LogP contribution is 2.20. The van der Waals surface area contributed by atoms with Gasteiger partial charge in [-0.15, -0.1) is 0 Å². The van der Waals surface area contributed by atoms with Gasteiger partial charge >= 0.3 is 6.03 Å². The van der Waals surface area contributed by atoms with Crippen molar-refractivity contribution < 1.29 is 14.3 Å². The van der Waals surface area contributed by atoms with E-state index in [2.05, 4.69) is 10.6 Å². The van der Waals surface area contributed by atoms with Crippen LogP contribution >= 0.6 is 23.2 Å². The first-order chi connectivity index (χ1) is 9.60. The summed E-state index contributed by atoms with van der Waals surface area (Å²) in [5.41, 5.74) is 0.803. The minimum absolute atomic E-state index is 0.111. The van der Waals surface area contributed by atoms with Crippen molar-refractivity contribution in [2.75, 3.05) is 20.3 Å². The van der Waals surface area contributed by atoms with Crippen molar-refractivity contribution in [3.05, 3.63) is 33.8 Å². The lowest BCUT2D eigenvalue weighted by Gasteiger charge is -2.18. The smallest absolute Gasteiger partial charge is 0.315 e. The fourth-order valence-electron chi connectivity index (χ4n) is 1.96. The number of carbonyl (C=O) groups excluding carboxylic acids is 1. The van der Waals surface area contributed by atoms with E-state index < -0.39 is 0 Å². The molecule has 1 aliphatic rings.